The molecule has 0 fully saturated rings. The first-order valence-corrected chi connectivity index (χ1v) is 14.6. The number of amides is 4. The summed E-state index contributed by atoms with van der Waals surface area (Å²) in [4.78, 5) is 104. The first-order valence-electron chi connectivity index (χ1n) is 11.8. The molecular weight excluding hydrogens is 610 g/mol. The third-order valence-electron chi connectivity index (χ3n) is 4.89. The maximum atomic E-state index is 12.5. The molecule has 20 nitrogen and oxygen atoms in total. The molecule has 5 atom stereocenters. The van der Waals surface area contributed by atoms with E-state index in [0.29, 0.717) is 10.8 Å². The fourth-order valence-electron chi connectivity index (χ4n) is 2.68. The lowest BCUT2D eigenvalue weighted by molar-refractivity contribution is -0.140. The Labute approximate surface area is 243 Å². The van der Waals surface area contributed by atoms with Gasteiger partial charge >= 0.3 is 23.9 Å². The number of nitrogens with two attached hydrogens (primary N) is 2. The number of hydrogen-bond acceptors (Lipinski definition) is 13. The molecular formula is C20H32N7O13S2+. The van der Waals surface area contributed by atoms with Crippen LogP contribution >= 0.6 is 10.8 Å². The monoisotopic (exact) mass is 642 g/mol. The van der Waals surface area contributed by atoms with Crippen molar-refractivity contribution in [3.8, 4) is 0 Å². The van der Waals surface area contributed by atoms with E-state index < -0.39 is 119 Å². The number of nitrogens with zero attached hydrogens (tertiary/aromatic N) is 1. The Morgan fingerprint density at radius 1 is 0.714 bits per heavy atom. The lowest BCUT2D eigenvalue weighted by Gasteiger charge is -2.18. The summed E-state index contributed by atoms with van der Waals surface area (Å²) in [5, 5.41) is 43.8. The molecule has 4 amide bonds. The Balaban J connectivity index is 5.56. The summed E-state index contributed by atoms with van der Waals surface area (Å²) in [5.41, 5.74) is 10.7. The first-order chi connectivity index (χ1) is 19.6. The van der Waals surface area contributed by atoms with Crippen molar-refractivity contribution in [1.29, 1.82) is 0 Å². The van der Waals surface area contributed by atoms with Crippen molar-refractivity contribution in [2.75, 3.05) is 24.6 Å². The van der Waals surface area contributed by atoms with E-state index in [-0.39, 0.29) is 12.8 Å². The Morgan fingerprint density at radius 2 is 1.12 bits per heavy atom. The molecule has 0 aromatic heterocycles. The molecule has 0 aromatic carbocycles. The van der Waals surface area contributed by atoms with E-state index in [1.54, 1.807) is 0 Å². The van der Waals surface area contributed by atoms with Gasteiger partial charge in [0.2, 0.25) is 33.7 Å². The predicted molar refractivity (Wildman–Crippen MR) is 145 cm³/mol. The highest BCUT2D eigenvalue weighted by molar-refractivity contribution is 8.73. The van der Waals surface area contributed by atoms with Crippen LogP contribution in [0.25, 0.3) is 0 Å². The molecule has 0 saturated carbocycles. The fourth-order valence-corrected chi connectivity index (χ4v) is 5.63. The number of carbonyl (C=O) groups excluding carboxylic acids is 4. The summed E-state index contributed by atoms with van der Waals surface area (Å²) in [7, 11) is -1.07. The van der Waals surface area contributed by atoms with Gasteiger partial charge in [-0.3, -0.25) is 38.4 Å². The minimum atomic E-state index is -1.72. The maximum absolute atomic E-state index is 12.5. The largest absolute Gasteiger partial charge is 0.480 e. The summed E-state index contributed by atoms with van der Waals surface area (Å²) in [5.74, 6) is -10.1. The molecule has 5 unspecified atom stereocenters. The number of hydrogen-bond donors (Lipinski definition) is 10. The zero-order valence-electron chi connectivity index (χ0n) is 21.8. The SMILES string of the molecule is NC(CCC(=O)NC(CS[S+](CC(NC(=O)CCC(N)C(=O)O)C(=O)NCC(=O)O)N=O)C(=O)NCC(=O)O)C(=O)O. The van der Waals surface area contributed by atoms with Crippen molar-refractivity contribution in [3.63, 3.8) is 0 Å². The molecule has 0 bridgehead atoms. The first kappa shape index (κ1) is 38.0. The van der Waals surface area contributed by atoms with Gasteiger partial charge in [-0.2, -0.15) is 0 Å². The van der Waals surface area contributed by atoms with Crippen LogP contribution in [0.3, 0.4) is 0 Å². The summed E-state index contributed by atoms with van der Waals surface area (Å²) < 4.78 is 2.85. The Bertz CT molecular complexity index is 1030. The normalized spacial score (nSPS) is 14.1. The lowest BCUT2D eigenvalue weighted by Crippen LogP contribution is -2.51. The summed E-state index contributed by atoms with van der Waals surface area (Å²) in [6.07, 6.45) is -1.44. The van der Waals surface area contributed by atoms with Gasteiger partial charge in [-0.25, -0.2) is 0 Å². The quantitative estimate of drug-likeness (QED) is 0.0303. The number of aliphatic carboxylic acids is 4. The lowest BCUT2D eigenvalue weighted by atomic mass is 10.1. The van der Waals surface area contributed by atoms with E-state index >= 15 is 0 Å². The van der Waals surface area contributed by atoms with Crippen molar-refractivity contribution >= 4 is 68.4 Å². The van der Waals surface area contributed by atoms with Gasteiger partial charge < -0.3 is 53.2 Å². The van der Waals surface area contributed by atoms with Crippen LogP contribution in [0.5, 0.6) is 0 Å². The topological polar surface area (TPSA) is 347 Å². The van der Waals surface area contributed by atoms with Crippen LogP contribution in [0.1, 0.15) is 25.7 Å². The zero-order valence-corrected chi connectivity index (χ0v) is 23.5. The molecule has 42 heavy (non-hydrogen) atoms. The van der Waals surface area contributed by atoms with Crippen molar-refractivity contribution < 1.29 is 58.8 Å². The zero-order chi connectivity index (χ0) is 32.4. The van der Waals surface area contributed by atoms with Crippen molar-refractivity contribution in [3.05, 3.63) is 4.91 Å². The number of carbonyl (C=O) groups is 8. The summed E-state index contributed by atoms with van der Waals surface area (Å²) in [6.45, 7) is -1.66. The average molecular weight is 643 g/mol. The molecule has 0 heterocycles. The second kappa shape index (κ2) is 20.0. The van der Waals surface area contributed by atoms with Crippen LogP contribution < -0.4 is 32.7 Å². The highest BCUT2D eigenvalue weighted by Gasteiger charge is 2.36. The van der Waals surface area contributed by atoms with Gasteiger partial charge in [0.25, 0.3) is 0 Å². The van der Waals surface area contributed by atoms with Gasteiger partial charge in [-0.05, 0) is 12.8 Å². The predicted octanol–water partition coefficient (Wildman–Crippen LogP) is -4.31. The minimum absolute atomic E-state index is 0.289. The van der Waals surface area contributed by atoms with E-state index in [2.05, 4.69) is 15.2 Å². The van der Waals surface area contributed by atoms with Gasteiger partial charge in [-0.1, -0.05) is 4.91 Å². The maximum Gasteiger partial charge on any atom is 0.322 e. The number of carboxylic acid groups (broad SMARTS) is 4. The molecule has 0 aliphatic heterocycles. The third-order valence-corrected chi connectivity index (χ3v) is 8.23. The van der Waals surface area contributed by atoms with E-state index in [4.69, 9.17) is 31.9 Å². The summed E-state index contributed by atoms with van der Waals surface area (Å²) in [6, 6.07) is -5.73. The van der Waals surface area contributed by atoms with Gasteiger partial charge in [0.05, 0.1) is 5.75 Å². The van der Waals surface area contributed by atoms with Crippen molar-refractivity contribution in [2.45, 2.75) is 49.9 Å². The molecule has 0 rings (SSSR count). The third kappa shape index (κ3) is 16.9. The number of nitrogens with one attached hydrogen (secondary N) is 4. The smallest absolute Gasteiger partial charge is 0.322 e. The Kier molecular flexibility index (Phi) is 18.0. The molecule has 236 valence electrons. The summed E-state index contributed by atoms with van der Waals surface area (Å²) >= 11 is 0. The van der Waals surface area contributed by atoms with Crippen LogP contribution in [0.4, 0.5) is 0 Å². The molecule has 0 aromatic rings. The van der Waals surface area contributed by atoms with Crippen LogP contribution in [0, 0.1) is 4.91 Å². The van der Waals surface area contributed by atoms with E-state index in [1.165, 1.54) is 0 Å². The highest BCUT2D eigenvalue weighted by Crippen LogP contribution is 2.21. The van der Waals surface area contributed by atoms with E-state index in [9.17, 15) is 43.3 Å². The molecule has 0 spiro atoms. The minimum Gasteiger partial charge on any atom is -0.480 e. The number of carboxylic acids is 4. The molecule has 12 N–H and O–H groups in total. The van der Waals surface area contributed by atoms with Gasteiger partial charge in [0, 0.05) is 12.8 Å². The van der Waals surface area contributed by atoms with Crippen LogP contribution in [-0.2, 0) is 48.5 Å². The molecule has 0 saturated heterocycles. The second-order valence-electron chi connectivity index (χ2n) is 8.28. The van der Waals surface area contributed by atoms with Gasteiger partial charge in [0.1, 0.15) is 42.0 Å². The highest BCUT2D eigenvalue weighted by atomic mass is 33.1. The van der Waals surface area contributed by atoms with Crippen molar-refractivity contribution in [1.82, 2.24) is 21.3 Å². The van der Waals surface area contributed by atoms with Crippen LogP contribution in [0.2, 0.25) is 0 Å². The molecule has 0 radical (unpaired) electrons. The van der Waals surface area contributed by atoms with Crippen molar-refractivity contribution in [2.24, 2.45) is 16.0 Å². The number of rotatable bonds is 22. The van der Waals surface area contributed by atoms with Crippen LogP contribution in [0.15, 0.2) is 4.58 Å². The Morgan fingerprint density at radius 3 is 1.50 bits per heavy atom. The Hall–Kier alpha value is -4.02. The van der Waals surface area contributed by atoms with E-state index in [1.807, 2.05) is 10.6 Å². The fraction of sp³-hybridized carbons (Fsp3) is 0.600. The van der Waals surface area contributed by atoms with E-state index in [0.717, 1.165) is 0 Å². The van der Waals surface area contributed by atoms with Gasteiger partial charge in [-0.15, -0.1) is 0 Å². The number of nitroso groups, excluding NO2 is 1. The standard InChI is InChI=1S/C20H31N7O13S2/c21-9(19(36)37)1-3-13(28)25-11(17(34)23-5-15(30)31)7-41-42(27-40)8-12(18(35)24-6-16(32)33)26-14(29)4-2-10(22)20(38)39/h9-12H,1-8,21-22H2,(H7-,23,24,25,26,28,29,30,31,32,33,34,35,36,37,38,39)/p+1. The molecule has 22 heteroatoms. The van der Waals surface area contributed by atoms with Gasteiger partial charge in [0.15, 0.2) is 16.4 Å². The second-order valence-corrected chi connectivity index (χ2v) is 11.8. The molecule has 0 aliphatic carbocycles. The molecule has 0 aliphatic rings. The average Bonchev–Trinajstić information content (AvgIpc) is 2.92. The van der Waals surface area contributed by atoms with Crippen LogP contribution in [-0.4, -0.2) is 117 Å².